The third-order valence-electron chi connectivity index (χ3n) is 6.15. The van der Waals surface area contributed by atoms with Crippen molar-refractivity contribution in [2.75, 3.05) is 12.4 Å². The van der Waals surface area contributed by atoms with E-state index in [-0.39, 0.29) is 17.3 Å². The number of thiophene rings is 1. The Morgan fingerprint density at radius 3 is 2.97 bits per heavy atom. The molecule has 3 N–H and O–H groups in total. The number of anilines is 1. The lowest BCUT2D eigenvalue weighted by molar-refractivity contribution is -0.124. The summed E-state index contributed by atoms with van der Waals surface area (Å²) in [5.41, 5.74) is 3.93. The summed E-state index contributed by atoms with van der Waals surface area (Å²) in [7, 11) is 1.63. The smallest absolute Gasteiger partial charge is 0.294 e. The molecule has 0 unspecified atom stereocenters. The molecule has 2 aromatic heterocycles. The average molecular weight is 466 g/mol. The van der Waals surface area contributed by atoms with E-state index in [0.29, 0.717) is 25.9 Å². The van der Waals surface area contributed by atoms with Crippen LogP contribution in [-0.4, -0.2) is 22.6 Å². The fourth-order valence-electron chi connectivity index (χ4n) is 4.56. The summed E-state index contributed by atoms with van der Waals surface area (Å²) < 4.78 is 6.93. The maximum absolute atomic E-state index is 13.2. The summed E-state index contributed by atoms with van der Waals surface area (Å²) in [5, 5.41) is 9.49. The van der Waals surface area contributed by atoms with Crippen molar-refractivity contribution in [2.45, 2.75) is 52.0 Å². The minimum absolute atomic E-state index is 0.122. The van der Waals surface area contributed by atoms with E-state index in [1.54, 1.807) is 29.2 Å². The number of rotatable bonds is 7. The van der Waals surface area contributed by atoms with Gasteiger partial charge in [0.05, 0.1) is 13.7 Å². The number of ether oxygens (including phenoxy) is 1. The van der Waals surface area contributed by atoms with Crippen molar-refractivity contribution in [3.8, 4) is 5.75 Å². The van der Waals surface area contributed by atoms with Gasteiger partial charge in [-0.25, -0.2) is 4.98 Å². The first-order valence-corrected chi connectivity index (χ1v) is 11.9. The fraction of sp³-hybridized carbons (Fsp3) is 0.375. The Balaban J connectivity index is 1.28. The molecule has 4 heterocycles. The molecule has 0 saturated heterocycles. The van der Waals surface area contributed by atoms with Gasteiger partial charge in [-0.3, -0.25) is 14.2 Å². The predicted octanol–water partition coefficient (Wildman–Crippen LogP) is 2.64. The van der Waals surface area contributed by atoms with Crippen molar-refractivity contribution in [2.24, 2.45) is 0 Å². The summed E-state index contributed by atoms with van der Waals surface area (Å²) in [6.45, 7) is 4.72. The van der Waals surface area contributed by atoms with Crippen LogP contribution >= 0.6 is 11.3 Å². The molecule has 3 aromatic rings. The number of carbonyl (C=O) groups excluding carboxylic acids is 1. The molecule has 2 aliphatic heterocycles. The van der Waals surface area contributed by atoms with Gasteiger partial charge in [0, 0.05) is 41.3 Å². The van der Waals surface area contributed by atoms with E-state index in [1.165, 1.54) is 10.4 Å². The number of hydrogen-bond acceptors (Lipinski definition) is 7. The maximum Gasteiger partial charge on any atom is 0.294 e. The van der Waals surface area contributed by atoms with E-state index in [1.807, 2.05) is 25.1 Å². The molecular formula is C24H27N5O3S. The third-order valence-corrected chi connectivity index (χ3v) is 7.33. The second-order valence-corrected chi connectivity index (χ2v) is 9.74. The summed E-state index contributed by atoms with van der Waals surface area (Å²) >= 11 is 1.73. The fourth-order valence-corrected chi connectivity index (χ4v) is 5.66. The number of carbonyl (C=O) groups is 1. The van der Waals surface area contributed by atoms with Crippen LogP contribution in [0, 0.1) is 6.92 Å². The maximum atomic E-state index is 13.2. The molecule has 172 valence electrons. The monoisotopic (exact) mass is 465 g/mol. The Kier molecular flexibility index (Phi) is 5.90. The van der Waals surface area contributed by atoms with Gasteiger partial charge in [0.15, 0.2) is 5.82 Å². The molecule has 9 heteroatoms. The SMILES string of the molecule is COc1cc(C)cc(CNc2ncc3n(c2=O)[C@H](C(=O)NCc2cc4c(s2)CNC4)CC3)c1. The molecule has 1 amide bonds. The van der Waals surface area contributed by atoms with Crippen molar-refractivity contribution in [1.82, 2.24) is 20.2 Å². The highest BCUT2D eigenvalue weighted by Gasteiger charge is 2.30. The van der Waals surface area contributed by atoms with Gasteiger partial charge in [-0.05, 0) is 54.7 Å². The largest absolute Gasteiger partial charge is 0.497 e. The van der Waals surface area contributed by atoms with Crippen molar-refractivity contribution in [1.29, 1.82) is 0 Å². The van der Waals surface area contributed by atoms with Gasteiger partial charge in [-0.2, -0.15) is 0 Å². The molecule has 0 aliphatic carbocycles. The number of hydrogen-bond donors (Lipinski definition) is 3. The summed E-state index contributed by atoms with van der Waals surface area (Å²) in [6.07, 6.45) is 2.96. The van der Waals surface area contributed by atoms with Gasteiger partial charge in [-0.1, -0.05) is 6.07 Å². The van der Waals surface area contributed by atoms with Gasteiger partial charge < -0.3 is 20.7 Å². The summed E-state index contributed by atoms with van der Waals surface area (Å²) in [6, 6.07) is 7.56. The van der Waals surface area contributed by atoms with Crippen LogP contribution in [-0.2, 0) is 37.4 Å². The second kappa shape index (κ2) is 8.99. The summed E-state index contributed by atoms with van der Waals surface area (Å²) in [4.78, 5) is 33.0. The van der Waals surface area contributed by atoms with Crippen LogP contribution in [0.3, 0.4) is 0 Å². The van der Waals surface area contributed by atoms with Crippen molar-refractivity contribution < 1.29 is 9.53 Å². The minimum Gasteiger partial charge on any atom is -0.497 e. The molecule has 0 spiro atoms. The van der Waals surface area contributed by atoms with Crippen LogP contribution in [0.4, 0.5) is 5.82 Å². The number of amides is 1. The normalized spacial score (nSPS) is 16.4. The Labute approximate surface area is 196 Å². The zero-order chi connectivity index (χ0) is 22.9. The van der Waals surface area contributed by atoms with Gasteiger partial charge in [0.2, 0.25) is 5.91 Å². The molecule has 0 radical (unpaired) electrons. The van der Waals surface area contributed by atoms with E-state index in [2.05, 4.69) is 27.0 Å². The van der Waals surface area contributed by atoms with Gasteiger partial charge in [0.25, 0.3) is 5.56 Å². The second-order valence-electron chi connectivity index (χ2n) is 8.52. The van der Waals surface area contributed by atoms with E-state index in [0.717, 1.165) is 40.5 Å². The quantitative estimate of drug-likeness (QED) is 0.496. The van der Waals surface area contributed by atoms with E-state index in [9.17, 15) is 9.59 Å². The number of methoxy groups -OCH3 is 1. The molecule has 0 bridgehead atoms. The topological polar surface area (TPSA) is 97.3 Å². The van der Waals surface area contributed by atoms with Gasteiger partial charge in [0.1, 0.15) is 11.8 Å². The van der Waals surface area contributed by atoms with Crippen molar-refractivity contribution >= 4 is 23.1 Å². The van der Waals surface area contributed by atoms with Crippen LogP contribution in [0.25, 0.3) is 0 Å². The first-order chi connectivity index (χ1) is 16.0. The Hall–Kier alpha value is -3.17. The molecule has 5 rings (SSSR count). The van der Waals surface area contributed by atoms with Gasteiger partial charge >= 0.3 is 0 Å². The van der Waals surface area contributed by atoms with Crippen molar-refractivity contribution in [3.63, 3.8) is 0 Å². The van der Waals surface area contributed by atoms with E-state index < -0.39 is 6.04 Å². The predicted molar refractivity (Wildman–Crippen MR) is 128 cm³/mol. The lowest BCUT2D eigenvalue weighted by atomic mass is 10.1. The first-order valence-electron chi connectivity index (χ1n) is 11.1. The number of nitrogens with one attached hydrogen (secondary N) is 3. The number of aryl methyl sites for hydroxylation is 2. The highest BCUT2D eigenvalue weighted by atomic mass is 32.1. The molecule has 0 saturated carbocycles. The zero-order valence-corrected chi connectivity index (χ0v) is 19.6. The van der Waals surface area contributed by atoms with Crippen LogP contribution in [0.2, 0.25) is 0 Å². The number of benzene rings is 1. The van der Waals surface area contributed by atoms with Crippen molar-refractivity contribution in [3.05, 3.63) is 73.0 Å². The Morgan fingerprint density at radius 2 is 2.15 bits per heavy atom. The Morgan fingerprint density at radius 1 is 1.27 bits per heavy atom. The number of fused-ring (bicyclic) bond motifs is 2. The summed E-state index contributed by atoms with van der Waals surface area (Å²) in [5.74, 6) is 0.901. The molecule has 8 nitrogen and oxygen atoms in total. The molecule has 33 heavy (non-hydrogen) atoms. The lowest BCUT2D eigenvalue weighted by Crippen LogP contribution is -2.36. The minimum atomic E-state index is -0.511. The number of aromatic nitrogens is 2. The third kappa shape index (κ3) is 4.38. The highest BCUT2D eigenvalue weighted by Crippen LogP contribution is 2.27. The zero-order valence-electron chi connectivity index (χ0n) is 18.7. The lowest BCUT2D eigenvalue weighted by Gasteiger charge is -2.16. The number of nitrogens with zero attached hydrogens (tertiary/aromatic N) is 2. The molecule has 2 aliphatic rings. The molecule has 1 atom stereocenters. The van der Waals surface area contributed by atoms with Crippen LogP contribution in [0.1, 0.15) is 44.6 Å². The standard InChI is InChI=1S/C24H27N5O3S/c1-14-5-15(7-18(6-14)32-2)9-26-22-24(31)29-17(11-27-22)3-4-20(29)23(30)28-12-19-8-16-10-25-13-21(16)33-19/h5-8,11,20,25H,3-4,9-10,12-13H2,1-2H3,(H,26,27)(H,28,30)/t20-/m0/s1. The molecule has 1 aromatic carbocycles. The molecule has 0 fully saturated rings. The van der Waals surface area contributed by atoms with E-state index in [4.69, 9.17) is 4.74 Å². The highest BCUT2D eigenvalue weighted by molar-refractivity contribution is 7.12. The molecular weight excluding hydrogens is 438 g/mol. The van der Waals surface area contributed by atoms with Crippen LogP contribution in [0.5, 0.6) is 5.75 Å². The first kappa shape index (κ1) is 21.7. The van der Waals surface area contributed by atoms with E-state index >= 15 is 0 Å². The Bertz CT molecular complexity index is 1240. The van der Waals surface area contributed by atoms with Crippen LogP contribution in [0.15, 0.2) is 35.3 Å². The average Bonchev–Trinajstić information content (AvgIpc) is 3.51. The van der Waals surface area contributed by atoms with Crippen LogP contribution < -0.4 is 26.2 Å². The van der Waals surface area contributed by atoms with Gasteiger partial charge in [-0.15, -0.1) is 11.3 Å².